The average molecular weight is 303 g/mol. The lowest BCUT2D eigenvalue weighted by molar-refractivity contribution is -0.125. The van der Waals surface area contributed by atoms with Crippen LogP contribution in [0, 0.1) is 5.92 Å². The number of hydrogen-bond acceptors (Lipinski definition) is 3. The van der Waals surface area contributed by atoms with Gasteiger partial charge in [-0.15, -0.1) is 0 Å². The van der Waals surface area contributed by atoms with Crippen LogP contribution < -0.4 is 11.1 Å². The third kappa shape index (κ3) is 4.31. The highest BCUT2D eigenvalue weighted by atomic mass is 16.1. The number of benzene rings is 1. The van der Waals surface area contributed by atoms with Crippen molar-refractivity contribution in [1.29, 1.82) is 0 Å². The zero-order valence-electron chi connectivity index (χ0n) is 13.8. The lowest BCUT2D eigenvalue weighted by Crippen LogP contribution is -2.40. The molecule has 0 radical (unpaired) electrons. The number of carbonyl (C=O) groups is 1. The molecule has 4 nitrogen and oxygen atoms in total. The van der Waals surface area contributed by atoms with Gasteiger partial charge in [-0.2, -0.15) is 0 Å². The predicted octanol–water partition coefficient (Wildman–Crippen LogP) is 2.31. The standard InChI is InChI=1S/C18H29N3O/c1-3-21(4-2)17(14-8-6-5-7-9-14)13-20-18(22)15-10-11-16(19)12-15/h5-9,15-17H,3-4,10-13,19H2,1-2H3,(H,20,22). The van der Waals surface area contributed by atoms with Crippen molar-refractivity contribution >= 4 is 5.91 Å². The van der Waals surface area contributed by atoms with Crippen molar-refractivity contribution in [1.82, 2.24) is 10.2 Å². The van der Waals surface area contributed by atoms with E-state index in [0.717, 1.165) is 32.4 Å². The van der Waals surface area contributed by atoms with Gasteiger partial charge in [0, 0.05) is 18.5 Å². The number of nitrogens with two attached hydrogens (primary N) is 1. The summed E-state index contributed by atoms with van der Waals surface area (Å²) in [5.41, 5.74) is 7.17. The van der Waals surface area contributed by atoms with Gasteiger partial charge in [0.15, 0.2) is 0 Å². The third-order valence-electron chi connectivity index (χ3n) is 4.75. The van der Waals surface area contributed by atoms with Gasteiger partial charge in [0.2, 0.25) is 5.91 Å². The van der Waals surface area contributed by atoms with Crippen molar-refractivity contribution in [2.45, 2.75) is 45.2 Å². The van der Waals surface area contributed by atoms with Crippen LogP contribution in [0.4, 0.5) is 0 Å². The molecule has 0 bridgehead atoms. The van der Waals surface area contributed by atoms with Crippen LogP contribution in [-0.2, 0) is 4.79 Å². The number of hydrogen-bond donors (Lipinski definition) is 2. The molecule has 1 fully saturated rings. The summed E-state index contributed by atoms with van der Waals surface area (Å²) in [6.45, 7) is 6.94. The zero-order valence-corrected chi connectivity index (χ0v) is 13.8. The van der Waals surface area contributed by atoms with E-state index in [2.05, 4.69) is 48.3 Å². The van der Waals surface area contributed by atoms with E-state index >= 15 is 0 Å². The molecule has 3 atom stereocenters. The highest BCUT2D eigenvalue weighted by Gasteiger charge is 2.28. The van der Waals surface area contributed by atoms with Crippen molar-refractivity contribution < 1.29 is 4.79 Å². The number of amides is 1. The van der Waals surface area contributed by atoms with Gasteiger partial charge in [-0.05, 0) is 37.9 Å². The summed E-state index contributed by atoms with van der Waals surface area (Å²) in [5.74, 6) is 0.268. The van der Waals surface area contributed by atoms with Crippen molar-refractivity contribution in [3.63, 3.8) is 0 Å². The molecule has 1 aliphatic rings. The molecule has 1 amide bonds. The Morgan fingerprint density at radius 3 is 2.50 bits per heavy atom. The summed E-state index contributed by atoms with van der Waals surface area (Å²) in [7, 11) is 0. The first-order valence-electron chi connectivity index (χ1n) is 8.48. The summed E-state index contributed by atoms with van der Waals surface area (Å²) in [5, 5.41) is 3.16. The molecule has 2 rings (SSSR count). The van der Waals surface area contributed by atoms with Gasteiger partial charge in [0.25, 0.3) is 0 Å². The number of carbonyl (C=O) groups excluding carboxylic acids is 1. The highest BCUT2D eigenvalue weighted by molar-refractivity contribution is 5.79. The second kappa shape index (κ2) is 8.30. The average Bonchev–Trinajstić information content (AvgIpc) is 2.98. The first-order chi connectivity index (χ1) is 10.7. The van der Waals surface area contributed by atoms with Gasteiger partial charge in [-0.3, -0.25) is 9.69 Å². The second-order valence-corrected chi connectivity index (χ2v) is 6.16. The van der Waals surface area contributed by atoms with Gasteiger partial charge in [0.1, 0.15) is 0 Å². The topological polar surface area (TPSA) is 58.4 Å². The summed E-state index contributed by atoms with van der Waals surface area (Å²) >= 11 is 0. The van der Waals surface area contributed by atoms with E-state index in [1.54, 1.807) is 0 Å². The molecule has 0 aliphatic heterocycles. The molecule has 22 heavy (non-hydrogen) atoms. The summed E-state index contributed by atoms with van der Waals surface area (Å²) < 4.78 is 0. The number of nitrogens with zero attached hydrogens (tertiary/aromatic N) is 1. The lowest BCUT2D eigenvalue weighted by atomic mass is 10.0. The Hall–Kier alpha value is -1.39. The molecular weight excluding hydrogens is 274 g/mol. The van der Waals surface area contributed by atoms with Crippen molar-refractivity contribution in [2.24, 2.45) is 11.7 Å². The van der Waals surface area contributed by atoms with E-state index in [9.17, 15) is 4.79 Å². The molecule has 4 heteroatoms. The third-order valence-corrected chi connectivity index (χ3v) is 4.75. The lowest BCUT2D eigenvalue weighted by Gasteiger charge is -2.30. The smallest absolute Gasteiger partial charge is 0.223 e. The van der Waals surface area contributed by atoms with Crippen LogP contribution in [0.3, 0.4) is 0 Å². The van der Waals surface area contributed by atoms with Gasteiger partial charge in [-0.1, -0.05) is 44.2 Å². The normalized spacial score (nSPS) is 22.7. The quantitative estimate of drug-likeness (QED) is 0.812. The fraction of sp³-hybridized carbons (Fsp3) is 0.611. The van der Waals surface area contributed by atoms with E-state index < -0.39 is 0 Å². The fourth-order valence-electron chi connectivity index (χ4n) is 3.39. The number of nitrogens with one attached hydrogen (secondary N) is 1. The van der Waals surface area contributed by atoms with Crippen LogP contribution in [-0.4, -0.2) is 36.5 Å². The van der Waals surface area contributed by atoms with Crippen molar-refractivity contribution in [3.8, 4) is 0 Å². The van der Waals surface area contributed by atoms with E-state index in [1.807, 2.05) is 6.07 Å². The van der Waals surface area contributed by atoms with E-state index in [-0.39, 0.29) is 23.9 Å². The van der Waals surface area contributed by atoms with Crippen LogP contribution in [0.25, 0.3) is 0 Å². The molecule has 1 saturated carbocycles. The maximum absolute atomic E-state index is 12.3. The molecular formula is C18H29N3O. The minimum Gasteiger partial charge on any atom is -0.354 e. The highest BCUT2D eigenvalue weighted by Crippen LogP contribution is 2.25. The SMILES string of the molecule is CCN(CC)C(CNC(=O)C1CCC(N)C1)c1ccccc1. The van der Waals surface area contributed by atoms with Crippen LogP contribution in [0.2, 0.25) is 0 Å². The Balaban J connectivity index is 1.99. The van der Waals surface area contributed by atoms with Crippen LogP contribution in [0.1, 0.15) is 44.7 Å². The summed E-state index contributed by atoms with van der Waals surface area (Å²) in [4.78, 5) is 14.7. The molecule has 1 aromatic rings. The summed E-state index contributed by atoms with van der Waals surface area (Å²) in [6.07, 6.45) is 2.72. The maximum atomic E-state index is 12.3. The fourth-order valence-corrected chi connectivity index (χ4v) is 3.39. The van der Waals surface area contributed by atoms with Crippen LogP contribution in [0.5, 0.6) is 0 Å². The Morgan fingerprint density at radius 1 is 1.27 bits per heavy atom. The molecule has 0 spiro atoms. The van der Waals surface area contributed by atoms with E-state index in [4.69, 9.17) is 5.73 Å². The number of likely N-dealkylation sites (N-methyl/N-ethyl adjacent to an activating group) is 1. The van der Waals surface area contributed by atoms with Gasteiger partial charge >= 0.3 is 0 Å². The monoisotopic (exact) mass is 303 g/mol. The predicted molar refractivity (Wildman–Crippen MR) is 90.4 cm³/mol. The van der Waals surface area contributed by atoms with Crippen LogP contribution >= 0.6 is 0 Å². The van der Waals surface area contributed by atoms with Gasteiger partial charge < -0.3 is 11.1 Å². The largest absolute Gasteiger partial charge is 0.354 e. The molecule has 3 N–H and O–H groups in total. The minimum atomic E-state index is 0.100. The molecule has 0 aromatic heterocycles. The Labute approximate surface area is 134 Å². The van der Waals surface area contributed by atoms with Crippen molar-refractivity contribution in [3.05, 3.63) is 35.9 Å². The zero-order chi connectivity index (χ0) is 15.9. The Morgan fingerprint density at radius 2 is 1.95 bits per heavy atom. The first-order valence-corrected chi connectivity index (χ1v) is 8.48. The van der Waals surface area contributed by atoms with Gasteiger partial charge in [-0.25, -0.2) is 0 Å². The minimum absolute atomic E-state index is 0.100. The second-order valence-electron chi connectivity index (χ2n) is 6.16. The van der Waals surface area contributed by atoms with Crippen LogP contribution in [0.15, 0.2) is 30.3 Å². The van der Waals surface area contributed by atoms with Crippen molar-refractivity contribution in [2.75, 3.05) is 19.6 Å². The Kier molecular flexibility index (Phi) is 6.40. The van der Waals surface area contributed by atoms with E-state index in [1.165, 1.54) is 5.56 Å². The number of rotatable bonds is 7. The Bertz CT molecular complexity index is 459. The first kappa shape index (κ1) is 17.0. The molecule has 3 unspecified atom stereocenters. The van der Waals surface area contributed by atoms with Gasteiger partial charge in [0.05, 0.1) is 6.04 Å². The van der Waals surface area contributed by atoms with E-state index in [0.29, 0.717) is 6.54 Å². The molecule has 1 aromatic carbocycles. The maximum Gasteiger partial charge on any atom is 0.223 e. The molecule has 0 heterocycles. The summed E-state index contributed by atoms with van der Waals surface area (Å²) in [6, 6.07) is 10.9. The molecule has 122 valence electrons. The molecule has 1 aliphatic carbocycles. The molecule has 0 saturated heterocycles.